The normalized spacial score (nSPS) is 15.0. The number of carbonyl (C=O) groups excluding carboxylic acids is 1. The Labute approximate surface area is 176 Å². The lowest BCUT2D eigenvalue weighted by Gasteiger charge is -2.32. The molecule has 30 heavy (non-hydrogen) atoms. The van der Waals surface area contributed by atoms with Gasteiger partial charge in [-0.3, -0.25) is 14.7 Å². The maximum Gasteiger partial charge on any atom is 0.255 e. The summed E-state index contributed by atoms with van der Waals surface area (Å²) in [6.07, 6.45) is 2.62. The van der Waals surface area contributed by atoms with Gasteiger partial charge in [0.1, 0.15) is 0 Å². The molecular weight excluding hydrogens is 376 g/mol. The van der Waals surface area contributed by atoms with E-state index in [-0.39, 0.29) is 17.4 Å². The van der Waals surface area contributed by atoms with E-state index in [0.29, 0.717) is 30.3 Å². The number of nitrogens with zero attached hydrogens (tertiary/aromatic N) is 2. The highest BCUT2D eigenvalue weighted by Gasteiger charge is 2.27. The first-order valence-electron chi connectivity index (χ1n) is 10.6. The topological polar surface area (TPSA) is 81.9 Å². The Hall–Kier alpha value is -3.15. The number of nitrogens with one attached hydrogen (secondary N) is 2. The maximum absolute atomic E-state index is 13.1. The quantitative estimate of drug-likeness (QED) is 0.678. The molecule has 0 unspecified atom stereocenters. The second-order valence-corrected chi connectivity index (χ2v) is 8.35. The van der Waals surface area contributed by atoms with Crippen LogP contribution in [0.5, 0.6) is 0 Å². The third-order valence-corrected chi connectivity index (χ3v) is 5.85. The van der Waals surface area contributed by atoms with Crippen molar-refractivity contribution in [3.8, 4) is 0 Å². The van der Waals surface area contributed by atoms with Crippen LogP contribution in [0, 0.1) is 0 Å². The van der Waals surface area contributed by atoms with Crippen molar-refractivity contribution in [3.05, 3.63) is 87.1 Å². The molecule has 3 heterocycles. The van der Waals surface area contributed by atoms with E-state index >= 15 is 0 Å². The molecule has 1 fully saturated rings. The van der Waals surface area contributed by atoms with Gasteiger partial charge in [-0.2, -0.15) is 5.10 Å². The van der Waals surface area contributed by atoms with E-state index in [1.54, 1.807) is 6.07 Å². The van der Waals surface area contributed by atoms with Gasteiger partial charge in [0.05, 0.1) is 11.3 Å². The van der Waals surface area contributed by atoms with Gasteiger partial charge in [-0.1, -0.05) is 44.2 Å². The molecule has 1 aromatic carbocycles. The minimum atomic E-state index is -0.168. The molecule has 6 nitrogen and oxygen atoms in total. The first-order chi connectivity index (χ1) is 14.5. The number of H-pyrrole nitrogens is 2. The Balaban J connectivity index is 1.40. The molecule has 0 spiro atoms. The lowest BCUT2D eigenvalue weighted by Crippen LogP contribution is -2.38. The largest absolute Gasteiger partial charge is 0.339 e. The van der Waals surface area contributed by atoms with Crippen molar-refractivity contribution in [2.75, 3.05) is 13.1 Å². The second kappa shape index (κ2) is 8.69. The molecule has 156 valence electrons. The van der Waals surface area contributed by atoms with Crippen molar-refractivity contribution in [1.82, 2.24) is 20.1 Å². The van der Waals surface area contributed by atoms with E-state index in [1.165, 1.54) is 11.6 Å². The molecule has 2 N–H and O–H groups in total. The summed E-state index contributed by atoms with van der Waals surface area (Å²) in [6.45, 7) is 5.36. The molecule has 0 atom stereocenters. The first-order valence-corrected chi connectivity index (χ1v) is 10.6. The molecule has 1 amide bonds. The summed E-state index contributed by atoms with van der Waals surface area (Å²) in [5.74, 6) is 0.442. The number of aromatic nitrogens is 3. The van der Waals surface area contributed by atoms with Crippen LogP contribution >= 0.6 is 0 Å². The Morgan fingerprint density at radius 3 is 2.57 bits per heavy atom. The average molecular weight is 405 g/mol. The van der Waals surface area contributed by atoms with E-state index in [9.17, 15) is 9.59 Å². The molecule has 1 saturated heterocycles. The van der Waals surface area contributed by atoms with Crippen molar-refractivity contribution in [3.63, 3.8) is 0 Å². The van der Waals surface area contributed by atoms with Crippen LogP contribution in [0.3, 0.4) is 0 Å². The highest BCUT2D eigenvalue weighted by Crippen LogP contribution is 2.29. The van der Waals surface area contributed by atoms with E-state index < -0.39 is 0 Å². The Morgan fingerprint density at radius 2 is 1.87 bits per heavy atom. The molecule has 1 aliphatic heterocycles. The van der Waals surface area contributed by atoms with Gasteiger partial charge >= 0.3 is 0 Å². The highest BCUT2D eigenvalue weighted by molar-refractivity contribution is 5.95. The van der Waals surface area contributed by atoms with Crippen molar-refractivity contribution < 1.29 is 4.79 Å². The third kappa shape index (κ3) is 4.37. The number of hydrogen-bond donors (Lipinski definition) is 2. The number of carbonyl (C=O) groups is 1. The summed E-state index contributed by atoms with van der Waals surface area (Å²) >= 11 is 0. The van der Waals surface area contributed by atoms with Gasteiger partial charge in [-0.05, 0) is 36.5 Å². The molecule has 4 rings (SSSR count). The van der Waals surface area contributed by atoms with Crippen LogP contribution in [0.1, 0.15) is 71.5 Å². The summed E-state index contributed by atoms with van der Waals surface area (Å²) in [6, 6.07) is 15.6. The van der Waals surface area contributed by atoms with Crippen LogP contribution in [0.4, 0.5) is 0 Å². The maximum atomic E-state index is 13.1. The number of piperidine rings is 1. The average Bonchev–Trinajstić information content (AvgIpc) is 3.22. The number of pyridine rings is 1. The van der Waals surface area contributed by atoms with Gasteiger partial charge in [0, 0.05) is 42.9 Å². The number of aromatic amines is 2. The van der Waals surface area contributed by atoms with Gasteiger partial charge in [0.25, 0.3) is 5.91 Å². The standard InChI is InChI=1S/C24H28N4O2/c1-16(2)23-20(8-9-22(29)25-23)24(30)28-12-10-18(11-13-28)21-15-19(26-27-21)14-17-6-4-3-5-7-17/h3-9,15-16,18H,10-14H2,1-2H3,(H,25,29)(H,26,27). The highest BCUT2D eigenvalue weighted by atomic mass is 16.2. The molecule has 3 aromatic rings. The van der Waals surface area contributed by atoms with Gasteiger partial charge in [-0.25, -0.2) is 0 Å². The van der Waals surface area contributed by atoms with Gasteiger partial charge in [0.2, 0.25) is 5.56 Å². The van der Waals surface area contributed by atoms with Crippen molar-refractivity contribution >= 4 is 5.91 Å². The molecule has 0 radical (unpaired) electrons. The fourth-order valence-electron chi connectivity index (χ4n) is 4.18. The Morgan fingerprint density at radius 1 is 1.13 bits per heavy atom. The van der Waals surface area contributed by atoms with Crippen molar-refractivity contribution in [2.45, 2.75) is 44.9 Å². The van der Waals surface area contributed by atoms with Crippen LogP contribution in [0.15, 0.2) is 53.3 Å². The molecule has 0 aliphatic carbocycles. The molecule has 6 heteroatoms. The van der Waals surface area contributed by atoms with Crippen LogP contribution in [0.25, 0.3) is 0 Å². The lowest BCUT2D eigenvalue weighted by atomic mass is 9.92. The smallest absolute Gasteiger partial charge is 0.255 e. The van der Waals surface area contributed by atoms with Gasteiger partial charge in [-0.15, -0.1) is 0 Å². The van der Waals surface area contributed by atoms with Crippen LogP contribution in [0.2, 0.25) is 0 Å². The molecule has 2 aromatic heterocycles. The van der Waals surface area contributed by atoms with E-state index in [1.807, 2.05) is 36.9 Å². The number of hydrogen-bond acceptors (Lipinski definition) is 3. The minimum Gasteiger partial charge on any atom is -0.339 e. The molecule has 0 bridgehead atoms. The van der Waals surface area contributed by atoms with Crippen LogP contribution in [-0.2, 0) is 6.42 Å². The van der Waals surface area contributed by atoms with Gasteiger partial charge in [0.15, 0.2) is 0 Å². The molecular formula is C24H28N4O2. The molecule has 1 aliphatic rings. The zero-order chi connectivity index (χ0) is 21.1. The zero-order valence-electron chi connectivity index (χ0n) is 17.5. The number of amides is 1. The van der Waals surface area contributed by atoms with Crippen molar-refractivity contribution in [1.29, 1.82) is 0 Å². The SMILES string of the molecule is CC(C)c1[nH]c(=O)ccc1C(=O)N1CCC(c2cc(Cc3ccccc3)[nH]n2)CC1. The fraction of sp³-hybridized carbons (Fsp3) is 0.375. The predicted molar refractivity (Wildman–Crippen MR) is 117 cm³/mol. The second-order valence-electron chi connectivity index (χ2n) is 8.35. The van der Waals surface area contributed by atoms with E-state index in [0.717, 1.165) is 30.7 Å². The first kappa shape index (κ1) is 20.1. The predicted octanol–water partition coefficient (Wildman–Crippen LogP) is 3.83. The lowest BCUT2D eigenvalue weighted by molar-refractivity contribution is 0.0710. The minimum absolute atomic E-state index is 0.000180. The third-order valence-electron chi connectivity index (χ3n) is 5.85. The van der Waals surface area contributed by atoms with Crippen LogP contribution in [-0.4, -0.2) is 39.1 Å². The number of likely N-dealkylation sites (tertiary alicyclic amines) is 1. The summed E-state index contributed by atoms with van der Waals surface area (Å²) in [5.41, 5.74) is 4.61. The summed E-state index contributed by atoms with van der Waals surface area (Å²) in [7, 11) is 0. The summed E-state index contributed by atoms with van der Waals surface area (Å²) in [4.78, 5) is 29.5. The van der Waals surface area contributed by atoms with Crippen molar-refractivity contribution in [2.24, 2.45) is 0 Å². The summed E-state index contributed by atoms with van der Waals surface area (Å²) < 4.78 is 0. The van der Waals surface area contributed by atoms with E-state index in [4.69, 9.17) is 0 Å². The zero-order valence-corrected chi connectivity index (χ0v) is 17.5. The van der Waals surface area contributed by atoms with E-state index in [2.05, 4.69) is 33.4 Å². The monoisotopic (exact) mass is 404 g/mol. The Bertz CT molecular complexity index is 1060. The van der Waals surface area contributed by atoms with Gasteiger partial charge < -0.3 is 9.88 Å². The fourth-order valence-corrected chi connectivity index (χ4v) is 4.18. The Kier molecular flexibility index (Phi) is 5.84. The van der Waals surface area contributed by atoms with Crippen LogP contribution < -0.4 is 5.56 Å². The number of rotatable bonds is 5. The molecule has 0 saturated carbocycles. The number of benzene rings is 1. The summed E-state index contributed by atoms with van der Waals surface area (Å²) in [5, 5.41) is 7.72.